The average Bonchev–Trinajstić information content (AvgIpc) is 3.15. The molecule has 30 heavy (non-hydrogen) atoms. The lowest BCUT2D eigenvalue weighted by Gasteiger charge is -2.28. The Morgan fingerprint density at radius 2 is 2.00 bits per heavy atom. The van der Waals surface area contributed by atoms with Crippen LogP contribution in [0.15, 0.2) is 0 Å². The number of aromatic nitrogens is 2. The molecule has 2 aliphatic heterocycles. The number of amides is 1. The van der Waals surface area contributed by atoms with E-state index in [4.69, 9.17) is 9.84 Å². The molecule has 1 aliphatic carbocycles. The Hall–Kier alpha value is -1.09. The minimum absolute atomic E-state index is 0.148. The maximum Gasteiger partial charge on any atom is 0.274 e. The second kappa shape index (κ2) is 11.0. The number of fused-ring (bicyclic) bond motifs is 1. The van der Waals surface area contributed by atoms with Gasteiger partial charge in [-0.05, 0) is 45.2 Å². The van der Waals surface area contributed by atoms with Crippen LogP contribution in [0.1, 0.15) is 47.9 Å². The first-order valence-corrected chi connectivity index (χ1v) is 12.9. The van der Waals surface area contributed by atoms with E-state index in [-0.39, 0.29) is 5.91 Å². The van der Waals surface area contributed by atoms with Crippen molar-refractivity contribution in [3.05, 3.63) is 17.0 Å². The van der Waals surface area contributed by atoms with Crippen LogP contribution in [0.25, 0.3) is 0 Å². The molecule has 8 heteroatoms. The summed E-state index contributed by atoms with van der Waals surface area (Å²) in [5.74, 6) is 2.22. The zero-order chi connectivity index (χ0) is 20.8. The Morgan fingerprint density at radius 3 is 2.77 bits per heavy atom. The monoisotopic (exact) mass is 435 g/mol. The van der Waals surface area contributed by atoms with Crippen molar-refractivity contribution in [1.29, 1.82) is 0 Å². The second-order valence-corrected chi connectivity index (χ2v) is 9.83. The van der Waals surface area contributed by atoms with Crippen molar-refractivity contribution < 1.29 is 9.53 Å². The quantitative estimate of drug-likeness (QED) is 0.627. The predicted molar refractivity (Wildman–Crippen MR) is 121 cm³/mol. The fourth-order valence-electron chi connectivity index (χ4n) is 4.78. The summed E-state index contributed by atoms with van der Waals surface area (Å²) in [5, 5.41) is 8.59. The van der Waals surface area contributed by atoms with E-state index in [2.05, 4.69) is 21.8 Å². The zero-order valence-electron chi connectivity index (χ0n) is 18.4. The van der Waals surface area contributed by atoms with Gasteiger partial charge in [0.05, 0.1) is 13.2 Å². The fraction of sp³-hybridized carbons (Fsp3) is 0.818. The second-order valence-electron chi connectivity index (χ2n) is 8.60. The van der Waals surface area contributed by atoms with Gasteiger partial charge in [-0.3, -0.25) is 14.4 Å². The third-order valence-corrected chi connectivity index (χ3v) is 7.41. The van der Waals surface area contributed by atoms with Crippen molar-refractivity contribution in [2.75, 3.05) is 64.0 Å². The van der Waals surface area contributed by atoms with Gasteiger partial charge in [0.1, 0.15) is 0 Å². The number of carbonyl (C=O) groups is 1. The van der Waals surface area contributed by atoms with Crippen LogP contribution in [-0.2, 0) is 24.1 Å². The molecule has 1 aromatic rings. The number of aryl methyl sites for hydroxylation is 1. The standard InChI is InChI=1S/C22H37N5O2S/c1-2-7-27-20-5-4-18(23-6-3-8-25-9-13-29-14-10-25)17-19(20)21(24-27)22(28)26-11-15-30-16-12-26/h18,23H,2-17H2,1H3. The van der Waals surface area contributed by atoms with E-state index in [1.54, 1.807) is 0 Å². The van der Waals surface area contributed by atoms with E-state index in [0.29, 0.717) is 6.04 Å². The van der Waals surface area contributed by atoms with E-state index >= 15 is 0 Å². The molecule has 0 saturated carbocycles. The van der Waals surface area contributed by atoms with Crippen LogP contribution in [-0.4, -0.2) is 95.5 Å². The summed E-state index contributed by atoms with van der Waals surface area (Å²) < 4.78 is 7.55. The third kappa shape index (κ3) is 5.39. The molecule has 4 rings (SSSR count). The lowest BCUT2D eigenvalue weighted by atomic mass is 9.91. The van der Waals surface area contributed by atoms with Crippen LogP contribution in [0.5, 0.6) is 0 Å². The third-order valence-electron chi connectivity index (χ3n) is 6.47. The highest BCUT2D eigenvalue weighted by Crippen LogP contribution is 2.27. The van der Waals surface area contributed by atoms with E-state index in [9.17, 15) is 4.79 Å². The smallest absolute Gasteiger partial charge is 0.274 e. The minimum Gasteiger partial charge on any atom is -0.379 e. The number of carbonyl (C=O) groups excluding carboxylic acids is 1. The maximum atomic E-state index is 13.2. The molecule has 1 unspecified atom stereocenters. The molecule has 168 valence electrons. The molecule has 0 radical (unpaired) electrons. The number of rotatable bonds is 8. The lowest BCUT2D eigenvalue weighted by Crippen LogP contribution is -2.40. The summed E-state index contributed by atoms with van der Waals surface area (Å²) in [6, 6.07) is 0.449. The normalized spacial score (nSPS) is 22.8. The van der Waals surface area contributed by atoms with Gasteiger partial charge in [0.2, 0.25) is 0 Å². The SMILES string of the molecule is CCCn1nc(C(=O)N2CCSCC2)c2c1CCC(NCCCN1CCOCC1)C2. The summed E-state index contributed by atoms with van der Waals surface area (Å²) in [6.45, 7) is 10.8. The van der Waals surface area contributed by atoms with E-state index in [1.807, 2.05) is 16.7 Å². The molecule has 3 heterocycles. The van der Waals surface area contributed by atoms with Gasteiger partial charge in [0.25, 0.3) is 5.91 Å². The summed E-state index contributed by atoms with van der Waals surface area (Å²) in [6.07, 6.45) is 5.29. The molecule has 2 fully saturated rings. The molecule has 1 amide bonds. The molecule has 1 atom stereocenters. The van der Waals surface area contributed by atoms with Gasteiger partial charge in [-0.25, -0.2) is 0 Å². The number of nitrogens with zero attached hydrogens (tertiary/aromatic N) is 4. The largest absolute Gasteiger partial charge is 0.379 e. The molecule has 1 aromatic heterocycles. The molecule has 7 nitrogen and oxygen atoms in total. The highest BCUT2D eigenvalue weighted by atomic mass is 32.2. The molecule has 0 aromatic carbocycles. The van der Waals surface area contributed by atoms with Gasteiger partial charge < -0.3 is 15.0 Å². The molecule has 0 spiro atoms. The molecule has 2 saturated heterocycles. The van der Waals surface area contributed by atoms with Gasteiger partial charge >= 0.3 is 0 Å². The summed E-state index contributed by atoms with van der Waals surface area (Å²) in [5.41, 5.74) is 3.24. The Bertz CT molecular complexity index is 698. The summed E-state index contributed by atoms with van der Waals surface area (Å²) in [7, 11) is 0. The number of thioether (sulfide) groups is 1. The van der Waals surface area contributed by atoms with Crippen molar-refractivity contribution >= 4 is 17.7 Å². The number of hydrogen-bond acceptors (Lipinski definition) is 6. The van der Waals surface area contributed by atoms with Crippen molar-refractivity contribution in [3.8, 4) is 0 Å². The summed E-state index contributed by atoms with van der Waals surface area (Å²) in [4.78, 5) is 17.7. The topological polar surface area (TPSA) is 62.6 Å². The molecule has 0 bridgehead atoms. The fourth-order valence-corrected chi connectivity index (χ4v) is 5.68. The van der Waals surface area contributed by atoms with Crippen molar-refractivity contribution in [3.63, 3.8) is 0 Å². The first-order valence-electron chi connectivity index (χ1n) is 11.7. The molecular weight excluding hydrogens is 398 g/mol. The van der Waals surface area contributed by atoms with Gasteiger partial charge in [-0.15, -0.1) is 0 Å². The number of morpholine rings is 1. The highest BCUT2D eigenvalue weighted by Gasteiger charge is 2.31. The number of ether oxygens (including phenoxy) is 1. The Labute approximate surface area is 184 Å². The predicted octanol–water partition coefficient (Wildman–Crippen LogP) is 1.65. The lowest BCUT2D eigenvalue weighted by molar-refractivity contribution is 0.0373. The Morgan fingerprint density at radius 1 is 1.20 bits per heavy atom. The van der Waals surface area contributed by atoms with Crippen molar-refractivity contribution in [2.45, 2.75) is 51.6 Å². The van der Waals surface area contributed by atoms with Gasteiger partial charge in [-0.2, -0.15) is 16.9 Å². The number of hydrogen-bond donors (Lipinski definition) is 1. The van der Waals surface area contributed by atoms with Crippen LogP contribution >= 0.6 is 11.8 Å². The summed E-state index contributed by atoms with van der Waals surface area (Å²) >= 11 is 1.94. The van der Waals surface area contributed by atoms with Gasteiger partial charge in [-0.1, -0.05) is 6.92 Å². The molecule has 3 aliphatic rings. The van der Waals surface area contributed by atoms with E-state index < -0.39 is 0 Å². The van der Waals surface area contributed by atoms with Crippen LogP contribution in [0.3, 0.4) is 0 Å². The van der Waals surface area contributed by atoms with Crippen LogP contribution in [0, 0.1) is 0 Å². The van der Waals surface area contributed by atoms with E-state index in [0.717, 1.165) is 108 Å². The molecule has 1 N–H and O–H groups in total. The van der Waals surface area contributed by atoms with Crippen LogP contribution in [0.4, 0.5) is 0 Å². The van der Waals surface area contributed by atoms with Crippen LogP contribution < -0.4 is 5.32 Å². The van der Waals surface area contributed by atoms with Gasteiger partial charge in [0, 0.05) is 61.5 Å². The highest BCUT2D eigenvalue weighted by molar-refractivity contribution is 7.99. The van der Waals surface area contributed by atoms with Crippen molar-refractivity contribution in [2.24, 2.45) is 0 Å². The molecular formula is C22H37N5O2S. The van der Waals surface area contributed by atoms with E-state index in [1.165, 1.54) is 11.3 Å². The van der Waals surface area contributed by atoms with Crippen molar-refractivity contribution in [1.82, 2.24) is 24.9 Å². The number of nitrogens with one attached hydrogen (secondary N) is 1. The Kier molecular flexibility index (Phi) is 8.09. The average molecular weight is 436 g/mol. The van der Waals surface area contributed by atoms with Crippen LogP contribution in [0.2, 0.25) is 0 Å². The first kappa shape index (κ1) is 22.1. The minimum atomic E-state index is 0.148. The zero-order valence-corrected chi connectivity index (χ0v) is 19.2. The maximum absolute atomic E-state index is 13.2. The Balaban J connectivity index is 1.36. The van der Waals surface area contributed by atoms with Gasteiger partial charge in [0.15, 0.2) is 5.69 Å². The first-order chi connectivity index (χ1) is 14.8.